The zero-order valence-electron chi connectivity index (χ0n) is 9.38. The highest BCUT2D eigenvalue weighted by Gasteiger charge is 2.30. The van der Waals surface area contributed by atoms with Crippen molar-refractivity contribution in [3.05, 3.63) is 41.1 Å². The molecule has 3 nitrogen and oxygen atoms in total. The largest absolute Gasteiger partial charge is 0.416 e. The molecule has 1 aromatic carbocycles. The second-order valence-corrected chi connectivity index (χ2v) is 3.92. The Bertz CT molecular complexity index is 635. The molecule has 1 amide bonds. The van der Waals surface area contributed by atoms with Crippen LogP contribution in [0.3, 0.4) is 0 Å². The van der Waals surface area contributed by atoms with Gasteiger partial charge in [-0.25, -0.2) is 4.98 Å². The number of fused-ring (bicyclic) bond motifs is 1. The van der Waals surface area contributed by atoms with Gasteiger partial charge >= 0.3 is 6.18 Å². The summed E-state index contributed by atoms with van der Waals surface area (Å²) in [4.78, 5) is 14.9. The van der Waals surface area contributed by atoms with Gasteiger partial charge in [0.15, 0.2) is 0 Å². The fourth-order valence-electron chi connectivity index (χ4n) is 1.71. The Labute approximate surface area is 100 Å². The molecule has 2 rings (SSSR count). The van der Waals surface area contributed by atoms with Crippen LogP contribution in [0.25, 0.3) is 10.9 Å². The van der Waals surface area contributed by atoms with Gasteiger partial charge in [-0.05, 0) is 30.7 Å². The van der Waals surface area contributed by atoms with Crippen molar-refractivity contribution in [1.29, 1.82) is 0 Å². The minimum atomic E-state index is -4.44. The number of nitrogens with zero attached hydrogens (tertiary/aromatic N) is 1. The maximum absolute atomic E-state index is 12.6. The van der Waals surface area contributed by atoms with E-state index in [0.717, 1.165) is 12.1 Å². The van der Waals surface area contributed by atoms with Gasteiger partial charge in [0.05, 0.1) is 11.1 Å². The van der Waals surface area contributed by atoms with Gasteiger partial charge in [-0.2, -0.15) is 13.2 Å². The molecule has 0 aliphatic heterocycles. The predicted octanol–water partition coefficient (Wildman–Crippen LogP) is 2.66. The third kappa shape index (κ3) is 2.13. The summed E-state index contributed by atoms with van der Waals surface area (Å²) < 4.78 is 37.7. The van der Waals surface area contributed by atoms with Crippen LogP contribution in [0.15, 0.2) is 24.3 Å². The van der Waals surface area contributed by atoms with E-state index in [1.807, 2.05) is 0 Å². The van der Waals surface area contributed by atoms with E-state index < -0.39 is 17.6 Å². The van der Waals surface area contributed by atoms with Gasteiger partial charge < -0.3 is 5.73 Å². The Balaban J connectivity index is 2.72. The van der Waals surface area contributed by atoms with Gasteiger partial charge in [-0.15, -0.1) is 0 Å². The Hall–Kier alpha value is -2.11. The number of hydrogen-bond acceptors (Lipinski definition) is 2. The molecule has 2 N–H and O–H groups in total. The van der Waals surface area contributed by atoms with Crippen LogP contribution in [0.2, 0.25) is 0 Å². The van der Waals surface area contributed by atoms with Gasteiger partial charge in [0.25, 0.3) is 5.91 Å². The smallest absolute Gasteiger partial charge is 0.364 e. The Morgan fingerprint density at radius 2 is 1.94 bits per heavy atom. The van der Waals surface area contributed by atoms with Crippen LogP contribution >= 0.6 is 0 Å². The summed E-state index contributed by atoms with van der Waals surface area (Å²) in [7, 11) is 0. The van der Waals surface area contributed by atoms with Crippen molar-refractivity contribution < 1.29 is 18.0 Å². The third-order valence-corrected chi connectivity index (χ3v) is 2.60. The lowest BCUT2D eigenvalue weighted by Gasteiger charge is -2.09. The number of aryl methyl sites for hydroxylation is 1. The number of alkyl halides is 3. The first kappa shape index (κ1) is 12.3. The zero-order chi connectivity index (χ0) is 13.5. The molecule has 0 saturated carbocycles. The van der Waals surface area contributed by atoms with Crippen molar-refractivity contribution in [2.24, 2.45) is 5.73 Å². The van der Waals surface area contributed by atoms with Crippen LogP contribution in [-0.4, -0.2) is 10.9 Å². The molecular formula is C12H9F3N2O. The summed E-state index contributed by atoms with van der Waals surface area (Å²) >= 11 is 0. The van der Waals surface area contributed by atoms with Crippen molar-refractivity contribution >= 4 is 16.8 Å². The highest BCUT2D eigenvalue weighted by molar-refractivity contribution is 5.94. The predicted molar refractivity (Wildman–Crippen MR) is 60.0 cm³/mol. The average Bonchev–Trinajstić information content (AvgIpc) is 2.26. The average molecular weight is 254 g/mol. The van der Waals surface area contributed by atoms with Gasteiger partial charge in [0.2, 0.25) is 0 Å². The Morgan fingerprint density at radius 3 is 2.50 bits per heavy atom. The summed E-state index contributed by atoms with van der Waals surface area (Å²) in [6.07, 6.45) is -4.44. The molecule has 0 radical (unpaired) electrons. The maximum atomic E-state index is 12.6. The van der Waals surface area contributed by atoms with E-state index in [-0.39, 0.29) is 11.2 Å². The normalized spacial score (nSPS) is 11.8. The standard InChI is InChI=1S/C12H9F3N2O/c1-6-4-10(11(16)18)17-9-5-7(12(13,14)15)2-3-8(6)9/h2-5H,1H3,(H2,16,18). The molecule has 0 fully saturated rings. The van der Waals surface area contributed by atoms with E-state index >= 15 is 0 Å². The van der Waals surface area contributed by atoms with Crippen LogP contribution in [0, 0.1) is 6.92 Å². The molecule has 94 valence electrons. The van der Waals surface area contributed by atoms with Gasteiger partial charge in [0.1, 0.15) is 5.69 Å². The number of amides is 1. The molecule has 0 aliphatic carbocycles. The second-order valence-electron chi connectivity index (χ2n) is 3.92. The van der Waals surface area contributed by atoms with Gasteiger partial charge in [0, 0.05) is 5.39 Å². The number of benzene rings is 1. The highest BCUT2D eigenvalue weighted by atomic mass is 19.4. The van der Waals surface area contributed by atoms with E-state index in [9.17, 15) is 18.0 Å². The minimum Gasteiger partial charge on any atom is -0.364 e. The molecule has 0 bridgehead atoms. The number of hydrogen-bond donors (Lipinski definition) is 1. The van der Waals surface area contributed by atoms with Crippen molar-refractivity contribution in [3.8, 4) is 0 Å². The first-order chi connectivity index (χ1) is 8.29. The van der Waals surface area contributed by atoms with Crippen LogP contribution in [0.4, 0.5) is 13.2 Å². The van der Waals surface area contributed by atoms with E-state index in [1.165, 1.54) is 12.1 Å². The van der Waals surface area contributed by atoms with Crippen LogP contribution in [0.5, 0.6) is 0 Å². The molecule has 6 heteroatoms. The van der Waals surface area contributed by atoms with Crippen molar-refractivity contribution in [1.82, 2.24) is 4.98 Å². The van der Waals surface area contributed by atoms with Crippen molar-refractivity contribution in [2.75, 3.05) is 0 Å². The van der Waals surface area contributed by atoms with Crippen LogP contribution in [0.1, 0.15) is 21.6 Å². The highest BCUT2D eigenvalue weighted by Crippen LogP contribution is 2.31. The monoisotopic (exact) mass is 254 g/mol. The SMILES string of the molecule is Cc1cc(C(N)=O)nc2cc(C(F)(F)F)ccc12. The first-order valence-electron chi connectivity index (χ1n) is 5.07. The van der Waals surface area contributed by atoms with Crippen molar-refractivity contribution in [3.63, 3.8) is 0 Å². The number of rotatable bonds is 1. The number of primary amides is 1. The fraction of sp³-hybridized carbons (Fsp3) is 0.167. The Kier molecular flexibility index (Phi) is 2.73. The number of pyridine rings is 1. The zero-order valence-corrected chi connectivity index (χ0v) is 9.38. The molecule has 0 aliphatic rings. The molecule has 0 spiro atoms. The molecule has 1 aromatic heterocycles. The molecular weight excluding hydrogens is 245 g/mol. The van der Waals surface area contributed by atoms with Crippen LogP contribution in [-0.2, 0) is 6.18 Å². The van der Waals surface area contributed by atoms with Crippen molar-refractivity contribution in [2.45, 2.75) is 13.1 Å². The third-order valence-electron chi connectivity index (χ3n) is 2.60. The summed E-state index contributed by atoms with van der Waals surface area (Å²) in [5, 5.41) is 0.563. The number of nitrogens with two attached hydrogens (primary N) is 1. The van der Waals surface area contributed by atoms with E-state index in [0.29, 0.717) is 10.9 Å². The second kappa shape index (κ2) is 3.97. The maximum Gasteiger partial charge on any atom is 0.416 e. The Morgan fingerprint density at radius 1 is 1.28 bits per heavy atom. The van der Waals surface area contributed by atoms with Gasteiger partial charge in [-0.3, -0.25) is 4.79 Å². The molecule has 1 heterocycles. The quantitative estimate of drug-likeness (QED) is 0.850. The van der Waals surface area contributed by atoms with E-state index in [4.69, 9.17) is 5.73 Å². The molecule has 0 atom stereocenters. The molecule has 0 unspecified atom stereocenters. The van der Waals surface area contributed by atoms with E-state index in [2.05, 4.69) is 4.98 Å². The molecule has 0 saturated heterocycles. The molecule has 18 heavy (non-hydrogen) atoms. The number of carbonyl (C=O) groups is 1. The van der Waals surface area contributed by atoms with Crippen LogP contribution < -0.4 is 5.73 Å². The summed E-state index contributed by atoms with van der Waals surface area (Å²) in [6.45, 7) is 1.68. The lowest BCUT2D eigenvalue weighted by Crippen LogP contribution is -2.13. The minimum absolute atomic E-state index is 0.0423. The number of aromatic nitrogens is 1. The fourth-order valence-corrected chi connectivity index (χ4v) is 1.71. The summed E-state index contributed by atoms with van der Waals surface area (Å²) in [5.74, 6) is -0.766. The lowest BCUT2D eigenvalue weighted by atomic mass is 10.1. The first-order valence-corrected chi connectivity index (χ1v) is 5.07. The van der Waals surface area contributed by atoms with Gasteiger partial charge in [-0.1, -0.05) is 6.07 Å². The number of carbonyl (C=O) groups excluding carboxylic acids is 1. The topological polar surface area (TPSA) is 56.0 Å². The van der Waals surface area contributed by atoms with E-state index in [1.54, 1.807) is 6.92 Å². The molecule has 2 aromatic rings. The lowest BCUT2D eigenvalue weighted by molar-refractivity contribution is -0.137. The summed E-state index contributed by atoms with van der Waals surface area (Å²) in [5.41, 5.74) is 4.99. The number of halogens is 3. The summed E-state index contributed by atoms with van der Waals surface area (Å²) in [6, 6.07) is 4.69.